The van der Waals surface area contributed by atoms with Gasteiger partial charge in [0.25, 0.3) is 6.47 Å². The third-order valence-electron chi connectivity index (χ3n) is 5.70. The number of phenols is 2. The normalized spacial score (nSPS) is 12.0. The molecule has 0 unspecified atom stereocenters. The quantitative estimate of drug-likeness (QED) is 0.199. The minimum Gasteiger partial charge on any atom is -0.508 e. The van der Waals surface area contributed by atoms with Crippen molar-refractivity contribution in [3.8, 4) is 11.5 Å². The van der Waals surface area contributed by atoms with Crippen molar-refractivity contribution in [1.82, 2.24) is 0 Å². The van der Waals surface area contributed by atoms with Gasteiger partial charge in [0.15, 0.2) is 0 Å². The largest absolute Gasteiger partial charge is 0.508 e. The number of carbonyl (C=O) groups is 2. The second-order valence-electron chi connectivity index (χ2n) is 9.39. The molecule has 0 aliphatic rings. The highest BCUT2D eigenvalue weighted by Gasteiger charge is 2.25. The topological polar surface area (TPSA) is 104 Å². The van der Waals surface area contributed by atoms with E-state index in [9.17, 15) is 19.8 Å². The third-order valence-corrected chi connectivity index (χ3v) is 5.70. The number of aliphatic carboxylic acids is 1. The third kappa shape index (κ3) is 9.06. The first-order chi connectivity index (χ1) is 14.0. The van der Waals surface area contributed by atoms with Crippen molar-refractivity contribution in [3.63, 3.8) is 0 Å². The molecule has 0 saturated heterocycles. The Bertz CT molecular complexity index is 693. The van der Waals surface area contributed by atoms with Gasteiger partial charge < -0.3 is 20.1 Å². The van der Waals surface area contributed by atoms with Crippen molar-refractivity contribution in [1.29, 1.82) is 0 Å². The van der Waals surface area contributed by atoms with Crippen LogP contribution >= 0.6 is 0 Å². The molecule has 0 aliphatic carbocycles. The molecule has 0 saturated carbocycles. The second kappa shape index (κ2) is 11.8. The number of aromatic hydroxyl groups is 2. The lowest BCUT2D eigenvalue weighted by molar-refractivity contribution is -0.147. The Morgan fingerprint density at radius 2 is 1.33 bits per heavy atom. The van der Waals surface area contributed by atoms with Gasteiger partial charge in [-0.1, -0.05) is 19.3 Å². The highest BCUT2D eigenvalue weighted by Crippen LogP contribution is 2.30. The summed E-state index contributed by atoms with van der Waals surface area (Å²) in [6.07, 6.45) is 8.04. The van der Waals surface area contributed by atoms with Gasteiger partial charge >= 0.3 is 5.97 Å². The number of unbranched alkanes of at least 4 members (excludes halogenated alkanes) is 4. The molecule has 3 N–H and O–H groups in total. The van der Waals surface area contributed by atoms with E-state index in [-0.39, 0.29) is 11.5 Å². The van der Waals surface area contributed by atoms with Gasteiger partial charge in [-0.05, 0) is 95.9 Å². The molecule has 1 aromatic carbocycles. The van der Waals surface area contributed by atoms with Crippen LogP contribution in [-0.2, 0) is 27.2 Å². The van der Waals surface area contributed by atoms with Crippen LogP contribution in [0.5, 0.6) is 11.5 Å². The summed E-state index contributed by atoms with van der Waals surface area (Å²) < 4.78 is 5.03. The number of carboxylic acid groups (broad SMARTS) is 1. The first kappa shape index (κ1) is 25.8. The van der Waals surface area contributed by atoms with E-state index in [1.165, 1.54) is 0 Å². The lowest BCUT2D eigenvalue weighted by atomic mass is 9.87. The summed E-state index contributed by atoms with van der Waals surface area (Å²) in [6, 6.07) is 3.30. The van der Waals surface area contributed by atoms with Gasteiger partial charge in [0.2, 0.25) is 0 Å². The fraction of sp³-hybridized carbons (Fsp3) is 0.667. The van der Waals surface area contributed by atoms with Crippen molar-refractivity contribution in [2.75, 3.05) is 0 Å². The van der Waals surface area contributed by atoms with Gasteiger partial charge in [-0.15, -0.1) is 0 Å². The van der Waals surface area contributed by atoms with E-state index >= 15 is 0 Å². The number of carbonyl (C=O) groups excluding carboxylic acids is 1. The van der Waals surface area contributed by atoms with Gasteiger partial charge in [0, 0.05) is 0 Å². The minimum atomic E-state index is -0.763. The van der Waals surface area contributed by atoms with E-state index in [1.807, 2.05) is 13.8 Å². The Kier molecular flexibility index (Phi) is 10.2. The first-order valence-corrected chi connectivity index (χ1v) is 10.9. The van der Waals surface area contributed by atoms with Gasteiger partial charge in [-0.3, -0.25) is 9.59 Å². The lowest BCUT2D eigenvalue weighted by Crippen LogP contribution is -2.23. The zero-order valence-electron chi connectivity index (χ0n) is 18.9. The molecule has 6 heteroatoms. The molecule has 1 rings (SSSR count). The Hall–Kier alpha value is -2.24. The van der Waals surface area contributed by atoms with E-state index in [1.54, 1.807) is 26.0 Å². The summed E-state index contributed by atoms with van der Waals surface area (Å²) in [5, 5.41) is 29.7. The standard InChI is InChI=1S/C24H38O6/c1-23(2,22(28)29)13-9-6-5-7-11-18-15-21(27)19(16-20(18)26)12-8-10-14-24(3,4)30-17-25/h15-17,26-27H,5-14H2,1-4H3,(H,28,29). The summed E-state index contributed by atoms with van der Waals surface area (Å²) in [6.45, 7) is 7.70. The average molecular weight is 423 g/mol. The minimum absolute atomic E-state index is 0.203. The summed E-state index contributed by atoms with van der Waals surface area (Å²) >= 11 is 0. The molecule has 0 fully saturated rings. The fourth-order valence-electron chi connectivity index (χ4n) is 3.46. The zero-order chi connectivity index (χ0) is 22.8. The van der Waals surface area contributed by atoms with Crippen LogP contribution in [0, 0.1) is 5.41 Å². The molecule has 0 aliphatic heterocycles. The van der Waals surface area contributed by atoms with Gasteiger partial charge in [-0.25, -0.2) is 0 Å². The summed E-state index contributed by atoms with van der Waals surface area (Å²) in [7, 11) is 0. The van der Waals surface area contributed by atoms with E-state index in [0.717, 1.165) is 56.1 Å². The van der Waals surface area contributed by atoms with Crippen molar-refractivity contribution >= 4 is 12.4 Å². The highest BCUT2D eigenvalue weighted by molar-refractivity contribution is 5.73. The van der Waals surface area contributed by atoms with Crippen LogP contribution < -0.4 is 0 Å². The molecule has 0 spiro atoms. The van der Waals surface area contributed by atoms with Crippen LogP contribution in [-0.4, -0.2) is 33.4 Å². The van der Waals surface area contributed by atoms with Gasteiger partial charge in [-0.2, -0.15) is 0 Å². The predicted octanol–water partition coefficient (Wildman–Crippen LogP) is 5.37. The van der Waals surface area contributed by atoms with Crippen LogP contribution in [0.25, 0.3) is 0 Å². The van der Waals surface area contributed by atoms with Crippen LogP contribution in [0.3, 0.4) is 0 Å². The maximum Gasteiger partial charge on any atom is 0.309 e. The number of hydrogen-bond donors (Lipinski definition) is 3. The van der Waals surface area contributed by atoms with Gasteiger partial charge in [0.1, 0.15) is 17.1 Å². The van der Waals surface area contributed by atoms with E-state index in [4.69, 9.17) is 9.84 Å². The number of benzene rings is 1. The highest BCUT2D eigenvalue weighted by atomic mass is 16.5. The van der Waals surface area contributed by atoms with E-state index < -0.39 is 17.0 Å². The molecule has 170 valence electrons. The number of rotatable bonds is 15. The molecule has 6 nitrogen and oxygen atoms in total. The predicted molar refractivity (Wildman–Crippen MR) is 117 cm³/mol. The Morgan fingerprint density at radius 3 is 1.83 bits per heavy atom. The average Bonchev–Trinajstić information content (AvgIpc) is 2.64. The molecule has 0 aromatic heterocycles. The molecule has 30 heavy (non-hydrogen) atoms. The van der Waals surface area contributed by atoms with Crippen LogP contribution in [0.4, 0.5) is 0 Å². The zero-order valence-corrected chi connectivity index (χ0v) is 18.9. The smallest absolute Gasteiger partial charge is 0.309 e. The molecule has 1 aromatic rings. The van der Waals surface area contributed by atoms with Crippen molar-refractivity contribution < 1.29 is 29.6 Å². The first-order valence-electron chi connectivity index (χ1n) is 10.9. The molecule has 0 atom stereocenters. The Labute approximate surface area is 180 Å². The maximum atomic E-state index is 11.1. The molecule has 0 radical (unpaired) electrons. The fourth-order valence-corrected chi connectivity index (χ4v) is 3.46. The summed E-state index contributed by atoms with van der Waals surface area (Å²) in [5.74, 6) is -0.352. The second-order valence-corrected chi connectivity index (χ2v) is 9.39. The number of ether oxygens (including phenoxy) is 1. The Balaban J connectivity index is 2.40. The summed E-state index contributed by atoms with van der Waals surface area (Å²) in [5.41, 5.74) is 0.292. The molecule has 0 amide bonds. The number of hydrogen-bond acceptors (Lipinski definition) is 5. The molecule has 0 heterocycles. The van der Waals surface area contributed by atoms with Crippen molar-refractivity contribution in [3.05, 3.63) is 23.3 Å². The van der Waals surface area contributed by atoms with E-state index in [2.05, 4.69) is 0 Å². The lowest BCUT2D eigenvalue weighted by Gasteiger charge is -2.22. The monoisotopic (exact) mass is 422 g/mol. The summed E-state index contributed by atoms with van der Waals surface area (Å²) in [4.78, 5) is 21.6. The van der Waals surface area contributed by atoms with Crippen LogP contribution in [0.1, 0.15) is 90.2 Å². The number of carboxylic acids is 1. The van der Waals surface area contributed by atoms with Crippen LogP contribution in [0.15, 0.2) is 12.1 Å². The van der Waals surface area contributed by atoms with Gasteiger partial charge in [0.05, 0.1) is 5.41 Å². The Morgan fingerprint density at radius 1 is 0.867 bits per heavy atom. The number of phenolic OH excluding ortho intramolecular Hbond substituents is 2. The van der Waals surface area contributed by atoms with Crippen molar-refractivity contribution in [2.45, 2.75) is 97.5 Å². The van der Waals surface area contributed by atoms with Crippen molar-refractivity contribution in [2.24, 2.45) is 5.41 Å². The molecule has 0 bridgehead atoms. The van der Waals surface area contributed by atoms with Crippen LogP contribution in [0.2, 0.25) is 0 Å². The molecular weight excluding hydrogens is 384 g/mol. The molecular formula is C24H38O6. The maximum absolute atomic E-state index is 11.1. The van der Waals surface area contributed by atoms with E-state index in [0.29, 0.717) is 25.7 Å². The SMILES string of the molecule is CC(C)(CCCCc1cc(O)c(CCCCCCC(C)(C)C(=O)O)cc1O)OC=O. The number of aryl methyl sites for hydroxylation is 2.